The van der Waals surface area contributed by atoms with Gasteiger partial charge < -0.3 is 49.2 Å². The second-order valence-electron chi connectivity index (χ2n) is 16.6. The molecule has 0 bridgehead atoms. The van der Waals surface area contributed by atoms with Crippen LogP contribution in [-0.2, 0) is 25.6 Å². The van der Waals surface area contributed by atoms with E-state index in [1.807, 2.05) is 68.7 Å². The first-order valence-electron chi connectivity index (χ1n) is 20.9. The summed E-state index contributed by atoms with van der Waals surface area (Å²) in [6.07, 6.45) is 5.15. The van der Waals surface area contributed by atoms with Crippen molar-refractivity contribution in [1.29, 1.82) is 0 Å². The molecule has 4 amide bonds. The lowest BCUT2D eigenvalue weighted by atomic mass is 10.0. The van der Waals surface area contributed by atoms with Crippen LogP contribution < -0.4 is 15.4 Å². The second-order valence-corrected chi connectivity index (χ2v) is 16.6. The highest BCUT2D eigenvalue weighted by atomic mass is 19.1. The Balaban J connectivity index is 1.03. The third-order valence-corrected chi connectivity index (χ3v) is 12.1. The summed E-state index contributed by atoms with van der Waals surface area (Å²) in [7, 11) is 2.54. The number of aromatic nitrogens is 5. The van der Waals surface area contributed by atoms with Crippen LogP contribution in [0.3, 0.4) is 0 Å². The smallest absolute Gasteiger partial charge is 0.407 e. The number of amides is 4. The first kappa shape index (κ1) is 41.3. The number of nitrogens with zero attached hydrogens (tertiary/aromatic N) is 5. The first-order chi connectivity index (χ1) is 29.4. The van der Waals surface area contributed by atoms with E-state index in [4.69, 9.17) is 14.2 Å². The average molecular weight is 838 g/mol. The number of ether oxygens (including phenoxy) is 3. The molecule has 3 aliphatic rings. The summed E-state index contributed by atoms with van der Waals surface area (Å²) in [5.41, 5.74) is 4.76. The Bertz CT molecular complexity index is 2470. The predicted molar refractivity (Wildman–Crippen MR) is 224 cm³/mol. The normalized spacial score (nSPS) is 18.4. The van der Waals surface area contributed by atoms with Gasteiger partial charge in [-0.1, -0.05) is 39.8 Å². The fraction of sp³-hybridized carbons (Fsp3) is 0.455. The van der Waals surface area contributed by atoms with E-state index in [9.17, 15) is 19.2 Å². The van der Waals surface area contributed by atoms with Crippen molar-refractivity contribution < 1.29 is 37.8 Å². The molecule has 16 nitrogen and oxygen atoms in total. The van der Waals surface area contributed by atoms with Crippen LogP contribution in [-0.4, -0.2) is 104 Å². The lowest BCUT2D eigenvalue weighted by Gasteiger charge is -2.30. The Kier molecular flexibility index (Phi) is 11.5. The largest absolute Gasteiger partial charge is 0.491 e. The molecule has 61 heavy (non-hydrogen) atoms. The van der Waals surface area contributed by atoms with Crippen molar-refractivity contribution >= 4 is 34.9 Å². The summed E-state index contributed by atoms with van der Waals surface area (Å²) in [6, 6.07) is 9.25. The molecule has 3 unspecified atom stereocenters. The molecule has 8 rings (SSSR count). The molecule has 4 atom stereocenters. The van der Waals surface area contributed by atoms with E-state index in [2.05, 4.69) is 30.6 Å². The van der Waals surface area contributed by atoms with Crippen LogP contribution in [0, 0.1) is 17.7 Å². The minimum absolute atomic E-state index is 0.147. The topological polar surface area (TPSA) is 189 Å². The molecule has 2 fully saturated rings. The van der Waals surface area contributed by atoms with Gasteiger partial charge in [-0.15, -0.1) is 0 Å². The Morgan fingerprint density at radius 2 is 1.30 bits per heavy atom. The number of hydrogen-bond donors (Lipinski definition) is 4. The zero-order chi connectivity index (χ0) is 43.1. The number of methoxy groups -OCH3 is 2. The molecule has 4 N–H and O–H groups in total. The molecular formula is C44H52FN9O7. The molecule has 0 radical (unpaired) electrons. The highest BCUT2D eigenvalue weighted by Gasteiger charge is 2.39. The van der Waals surface area contributed by atoms with Crippen molar-refractivity contribution in [3.63, 3.8) is 0 Å². The summed E-state index contributed by atoms with van der Waals surface area (Å²) in [5.74, 6) is 0.769. The highest BCUT2D eigenvalue weighted by molar-refractivity contribution is 5.93. The van der Waals surface area contributed by atoms with E-state index >= 15 is 4.39 Å². The molecule has 5 aromatic rings. The van der Waals surface area contributed by atoms with E-state index < -0.39 is 24.3 Å². The fourth-order valence-corrected chi connectivity index (χ4v) is 8.92. The lowest BCUT2D eigenvalue weighted by Crippen LogP contribution is -2.51. The van der Waals surface area contributed by atoms with Crippen LogP contribution in [0.4, 0.5) is 14.0 Å². The monoisotopic (exact) mass is 837 g/mol. The third-order valence-electron chi connectivity index (χ3n) is 12.1. The van der Waals surface area contributed by atoms with E-state index in [1.54, 1.807) is 22.2 Å². The zero-order valence-corrected chi connectivity index (χ0v) is 35.2. The number of carbonyl (C=O) groups is 4. The van der Waals surface area contributed by atoms with Gasteiger partial charge in [0.15, 0.2) is 5.82 Å². The number of fused-ring (bicyclic) bond motifs is 5. The van der Waals surface area contributed by atoms with Gasteiger partial charge in [0.25, 0.3) is 0 Å². The van der Waals surface area contributed by atoms with Crippen LogP contribution in [0.1, 0.15) is 77.1 Å². The van der Waals surface area contributed by atoms with Crippen molar-refractivity contribution in [1.82, 2.24) is 44.9 Å². The fourth-order valence-electron chi connectivity index (χ4n) is 8.92. The summed E-state index contributed by atoms with van der Waals surface area (Å²) in [5, 5.41) is 5.82. The van der Waals surface area contributed by atoms with Gasteiger partial charge >= 0.3 is 12.2 Å². The van der Waals surface area contributed by atoms with E-state index in [-0.39, 0.29) is 41.6 Å². The van der Waals surface area contributed by atoms with Gasteiger partial charge in [-0.05, 0) is 61.8 Å². The number of carbonyl (C=O) groups excluding carboxylic acids is 4. The van der Waals surface area contributed by atoms with E-state index in [0.29, 0.717) is 72.4 Å². The summed E-state index contributed by atoms with van der Waals surface area (Å²) >= 11 is 0. The van der Waals surface area contributed by atoms with Gasteiger partial charge in [-0.25, -0.2) is 23.9 Å². The van der Waals surface area contributed by atoms with Gasteiger partial charge in [0.05, 0.1) is 67.8 Å². The average Bonchev–Trinajstić information content (AvgIpc) is 4.11. The number of hydrogen-bond acceptors (Lipinski definition) is 9. The van der Waals surface area contributed by atoms with Crippen LogP contribution in [0.15, 0.2) is 48.8 Å². The van der Waals surface area contributed by atoms with Crippen LogP contribution in [0.25, 0.3) is 44.7 Å². The SMILES string of the molecule is COC(=O)NC(C(=O)N1CCCC1c1ncc(-c2ccc3c(c2)c(F)c2n3CCOc3cc(-c4cnc([C@@H]5CCCN5C(=O)C(NC(=O)OC)C(C)C)[nH]4)ccc3-2)[nH]1)C(C)C. The summed E-state index contributed by atoms with van der Waals surface area (Å²) in [4.78, 5) is 71.1. The molecule has 6 heterocycles. The van der Waals surface area contributed by atoms with E-state index in [1.165, 1.54) is 14.2 Å². The molecule has 17 heteroatoms. The van der Waals surface area contributed by atoms with Gasteiger partial charge in [0, 0.05) is 35.2 Å². The molecule has 2 saturated heterocycles. The minimum Gasteiger partial charge on any atom is -0.491 e. The quantitative estimate of drug-likeness (QED) is 0.119. The van der Waals surface area contributed by atoms with Crippen LogP contribution >= 0.6 is 0 Å². The number of benzene rings is 2. The second kappa shape index (κ2) is 16.9. The first-order valence-corrected chi connectivity index (χ1v) is 20.9. The number of nitrogens with one attached hydrogen (secondary N) is 4. The minimum atomic E-state index is -0.743. The number of rotatable bonds is 10. The maximum atomic E-state index is 16.7. The van der Waals surface area contributed by atoms with Crippen LogP contribution in [0.2, 0.25) is 0 Å². The highest BCUT2D eigenvalue weighted by Crippen LogP contribution is 2.42. The number of alkyl carbamates (subject to hydrolysis) is 2. The Labute approximate surface area is 352 Å². The van der Waals surface area contributed by atoms with Crippen LogP contribution in [0.5, 0.6) is 5.75 Å². The number of likely N-dealkylation sites (tertiary alicyclic amines) is 2. The molecule has 0 saturated carbocycles. The number of aromatic amines is 2. The van der Waals surface area contributed by atoms with Gasteiger partial charge in [0.1, 0.15) is 36.1 Å². The zero-order valence-electron chi connectivity index (χ0n) is 35.2. The summed E-state index contributed by atoms with van der Waals surface area (Å²) in [6.45, 7) is 9.34. The number of halogens is 1. The Morgan fingerprint density at radius 3 is 1.82 bits per heavy atom. The summed E-state index contributed by atoms with van der Waals surface area (Å²) < 4.78 is 34.5. The third kappa shape index (κ3) is 7.76. The van der Waals surface area contributed by atoms with Crippen molar-refractivity contribution in [2.75, 3.05) is 33.9 Å². The Morgan fingerprint density at radius 1 is 0.770 bits per heavy atom. The molecule has 0 aliphatic carbocycles. The maximum Gasteiger partial charge on any atom is 0.407 e. The van der Waals surface area contributed by atoms with Gasteiger partial charge in [-0.3, -0.25) is 9.59 Å². The maximum absolute atomic E-state index is 16.7. The van der Waals surface area contributed by atoms with Crippen molar-refractivity contribution in [3.8, 4) is 39.5 Å². The molecule has 3 aliphatic heterocycles. The van der Waals surface area contributed by atoms with Gasteiger partial charge in [0.2, 0.25) is 11.8 Å². The molecule has 3 aromatic heterocycles. The standard InChI is InChI=1S/C44H52FN9O7/c1-23(2)36(50-43(57)59-5)41(55)53-15-7-9-32(53)39-46-21-29(48-39)25-12-14-31-28(19-25)35(45)38-27-13-11-26(20-34(27)61-18-17-52(31)38)30-22-47-40(49-30)33-10-8-16-54(33)42(56)37(24(3)4)51-44(58)60-6/h11-14,19-24,32-33,36-37H,7-10,15-18H2,1-6H3,(H,46,48)(H,47,49)(H,50,57)(H,51,58)/t32?,33-,36?,37?/m0/s1. The Hall–Kier alpha value is -6.39. The molecule has 0 spiro atoms. The lowest BCUT2D eigenvalue weighted by molar-refractivity contribution is -0.136. The van der Waals surface area contributed by atoms with Crippen molar-refractivity contribution in [3.05, 3.63) is 66.3 Å². The number of H-pyrrole nitrogens is 2. The van der Waals surface area contributed by atoms with Crippen molar-refractivity contribution in [2.24, 2.45) is 11.8 Å². The predicted octanol–water partition coefficient (Wildman–Crippen LogP) is 6.71. The van der Waals surface area contributed by atoms with Crippen molar-refractivity contribution in [2.45, 2.75) is 84.1 Å². The molecular weight excluding hydrogens is 786 g/mol. The molecule has 2 aromatic carbocycles. The van der Waals surface area contributed by atoms with Gasteiger partial charge in [-0.2, -0.15) is 0 Å². The number of imidazole rings is 2. The molecule has 322 valence electrons. The van der Waals surface area contributed by atoms with E-state index in [0.717, 1.165) is 41.6 Å².